The van der Waals surface area contributed by atoms with E-state index in [1.165, 1.54) is 6.20 Å². The third kappa shape index (κ3) is 6.78. The molecule has 3 nitrogen and oxygen atoms in total. The van der Waals surface area contributed by atoms with Crippen LogP contribution in [-0.4, -0.2) is 44.1 Å². The van der Waals surface area contributed by atoms with Crippen LogP contribution < -0.4 is 61.6 Å². The minimum atomic E-state index is -5.01. The Morgan fingerprint density at radius 2 is 1.94 bits per heavy atom. The molecule has 1 aromatic rings. The largest absolute Gasteiger partial charge is 1.00 e. The fraction of sp³-hybridized carbons (Fsp3) is 0.444. The Labute approximate surface area is 141 Å². The van der Waals surface area contributed by atoms with Gasteiger partial charge in [0.2, 0.25) is 0 Å². The molecule has 0 bridgehead atoms. The van der Waals surface area contributed by atoms with Gasteiger partial charge in [0.25, 0.3) is 0 Å². The van der Waals surface area contributed by atoms with Crippen molar-refractivity contribution in [1.29, 1.82) is 0 Å². The van der Waals surface area contributed by atoms with E-state index in [0.29, 0.717) is 13.2 Å². The summed E-state index contributed by atoms with van der Waals surface area (Å²) >= 11 is 0. The molecule has 0 aliphatic carbocycles. The Bertz CT molecular complexity index is 349. The smallest absolute Gasteiger partial charge is 0.491 e. The molecule has 0 radical (unpaired) electrons. The van der Waals surface area contributed by atoms with Gasteiger partial charge in [-0.25, -0.2) is 0 Å². The summed E-state index contributed by atoms with van der Waals surface area (Å²) in [6.45, 7) is -4.03. The maximum atomic E-state index is 12.4. The van der Waals surface area contributed by atoms with Crippen molar-refractivity contribution in [3.63, 3.8) is 0 Å². The number of likely N-dealkylation sites (N-methyl/N-ethyl adjacent to an activating group) is 1. The van der Waals surface area contributed by atoms with Crippen molar-refractivity contribution in [2.45, 2.75) is 0 Å². The molecule has 0 atom stereocenters. The first-order chi connectivity index (χ1) is 7.39. The Morgan fingerprint density at radius 1 is 1.29 bits per heavy atom. The Kier molecular flexibility index (Phi) is 7.94. The fourth-order valence-electron chi connectivity index (χ4n) is 1.04. The van der Waals surface area contributed by atoms with Crippen molar-refractivity contribution in [1.82, 2.24) is 9.88 Å². The van der Waals surface area contributed by atoms with Crippen LogP contribution in [0.3, 0.4) is 0 Å². The van der Waals surface area contributed by atoms with Gasteiger partial charge in [-0.2, -0.15) is 0 Å². The van der Waals surface area contributed by atoms with Gasteiger partial charge in [-0.05, 0) is 20.2 Å². The van der Waals surface area contributed by atoms with Crippen LogP contribution in [0, 0.1) is 0 Å². The summed E-state index contributed by atoms with van der Waals surface area (Å²) in [6.07, 6.45) is 2.08. The summed E-state index contributed by atoms with van der Waals surface area (Å²) in [4.78, 5) is 5.39. The maximum Gasteiger partial charge on any atom is 1.00 e. The van der Waals surface area contributed by atoms with Gasteiger partial charge in [-0.3, -0.25) is 4.98 Å². The monoisotopic (exact) mass is 272 g/mol. The number of ether oxygens (including phenoxy) is 1. The van der Waals surface area contributed by atoms with Gasteiger partial charge in [0.05, 0.1) is 6.20 Å². The zero-order valence-electron chi connectivity index (χ0n) is 10.2. The maximum absolute atomic E-state index is 12.4. The van der Waals surface area contributed by atoms with E-state index in [1.54, 1.807) is 0 Å². The predicted molar refractivity (Wildman–Crippen MR) is 57.0 cm³/mol. The van der Waals surface area contributed by atoms with Gasteiger partial charge in [0.1, 0.15) is 12.4 Å². The molecule has 1 aromatic heterocycles. The molecule has 8 heteroatoms. The molecule has 0 saturated carbocycles. The molecular weight excluding hydrogens is 259 g/mol. The van der Waals surface area contributed by atoms with Gasteiger partial charge in [0, 0.05) is 12.7 Å². The van der Waals surface area contributed by atoms with E-state index >= 15 is 0 Å². The van der Waals surface area contributed by atoms with Gasteiger partial charge in [-0.1, -0.05) is 5.46 Å². The fourth-order valence-corrected chi connectivity index (χ4v) is 1.04. The summed E-state index contributed by atoms with van der Waals surface area (Å²) in [7, 11) is 3.72. The number of hydrogen-bond donors (Lipinski definition) is 0. The van der Waals surface area contributed by atoms with Crippen LogP contribution in [0.25, 0.3) is 0 Å². The first-order valence-electron chi connectivity index (χ1n) is 4.82. The number of aromatic nitrogens is 1. The van der Waals surface area contributed by atoms with Crippen LogP contribution in [0.4, 0.5) is 12.9 Å². The molecule has 1 rings (SSSR count). The Hall–Kier alpha value is 0.401. The Balaban J connectivity index is 0.00000256. The van der Waals surface area contributed by atoms with Gasteiger partial charge in [0.15, 0.2) is 0 Å². The Morgan fingerprint density at radius 3 is 2.47 bits per heavy atom. The van der Waals surface area contributed by atoms with E-state index in [2.05, 4.69) is 4.98 Å². The molecule has 90 valence electrons. The van der Waals surface area contributed by atoms with Gasteiger partial charge >= 0.3 is 58.4 Å². The van der Waals surface area contributed by atoms with E-state index in [1.807, 2.05) is 19.0 Å². The first-order valence-corrected chi connectivity index (χ1v) is 4.82. The van der Waals surface area contributed by atoms with Gasteiger partial charge in [-0.15, -0.1) is 0 Å². The number of pyridine rings is 1. The topological polar surface area (TPSA) is 25.4 Å². The summed E-state index contributed by atoms with van der Waals surface area (Å²) in [5.74, 6) is 0.151. The first kappa shape index (κ1) is 17.4. The van der Waals surface area contributed by atoms with Crippen LogP contribution in [0.2, 0.25) is 0 Å². The van der Waals surface area contributed by atoms with E-state index in [-0.39, 0.29) is 57.1 Å². The molecule has 0 spiro atoms. The molecular formula is C9H13BF3KN2O. The van der Waals surface area contributed by atoms with E-state index in [9.17, 15) is 12.9 Å². The zero-order valence-corrected chi connectivity index (χ0v) is 13.3. The molecule has 0 unspecified atom stereocenters. The summed E-state index contributed by atoms with van der Waals surface area (Å²) in [5.41, 5.74) is -0.734. The second-order valence-corrected chi connectivity index (χ2v) is 3.68. The number of hydrogen-bond acceptors (Lipinski definition) is 3. The average Bonchev–Trinajstić information content (AvgIpc) is 2.16. The van der Waals surface area contributed by atoms with E-state index < -0.39 is 12.4 Å². The van der Waals surface area contributed by atoms with Crippen molar-refractivity contribution in [2.24, 2.45) is 0 Å². The molecule has 0 amide bonds. The minimum absolute atomic E-state index is 0. The van der Waals surface area contributed by atoms with Crippen LogP contribution >= 0.6 is 0 Å². The van der Waals surface area contributed by atoms with Gasteiger partial charge < -0.3 is 22.6 Å². The second-order valence-electron chi connectivity index (χ2n) is 3.68. The van der Waals surface area contributed by atoms with Crippen LogP contribution in [0.5, 0.6) is 5.75 Å². The van der Waals surface area contributed by atoms with Crippen molar-refractivity contribution < 1.29 is 69.1 Å². The standard InChI is InChI=1S/C9H13BF3N2O.K/c1-15(2)3-4-16-9-5-8(6-14-7-9)10(11,12)13;/h5-7H,3-4H2,1-2H3;/q-1;+1. The SMILES string of the molecule is CN(C)CCOc1cncc([B-](F)(F)F)c1.[K+]. The molecule has 0 aliphatic heterocycles. The predicted octanol–water partition coefficient (Wildman–Crippen LogP) is -1.92. The minimum Gasteiger partial charge on any atom is -0.491 e. The molecule has 0 aliphatic rings. The molecule has 0 saturated heterocycles. The number of halogens is 3. The zero-order chi connectivity index (χ0) is 12.2. The second kappa shape index (κ2) is 7.75. The molecule has 1 heterocycles. The van der Waals surface area contributed by atoms with Crippen LogP contribution in [0.1, 0.15) is 0 Å². The molecule has 0 fully saturated rings. The van der Waals surface area contributed by atoms with Crippen LogP contribution in [0.15, 0.2) is 18.5 Å². The summed E-state index contributed by atoms with van der Waals surface area (Å²) < 4.78 is 42.3. The van der Waals surface area contributed by atoms with Crippen molar-refractivity contribution in [3.8, 4) is 5.75 Å². The third-order valence-electron chi connectivity index (χ3n) is 1.92. The molecule has 0 aromatic carbocycles. The average molecular weight is 272 g/mol. The number of rotatable bonds is 5. The summed E-state index contributed by atoms with van der Waals surface area (Å²) in [6, 6.07) is 0.975. The normalized spacial score (nSPS) is 11.2. The van der Waals surface area contributed by atoms with E-state index in [0.717, 1.165) is 12.3 Å². The van der Waals surface area contributed by atoms with Crippen molar-refractivity contribution in [2.75, 3.05) is 27.2 Å². The van der Waals surface area contributed by atoms with E-state index in [4.69, 9.17) is 4.74 Å². The molecule has 0 N–H and O–H groups in total. The summed E-state index contributed by atoms with van der Waals surface area (Å²) in [5, 5.41) is 0. The van der Waals surface area contributed by atoms with Crippen molar-refractivity contribution in [3.05, 3.63) is 18.5 Å². The third-order valence-corrected chi connectivity index (χ3v) is 1.92. The van der Waals surface area contributed by atoms with Crippen LogP contribution in [-0.2, 0) is 0 Å². The quantitative estimate of drug-likeness (QED) is 0.584. The molecule has 17 heavy (non-hydrogen) atoms. The number of nitrogens with zero attached hydrogens (tertiary/aromatic N) is 2. The van der Waals surface area contributed by atoms with Crippen molar-refractivity contribution >= 4 is 12.4 Å².